The van der Waals surface area contributed by atoms with Crippen molar-refractivity contribution in [3.05, 3.63) is 72.9 Å². The van der Waals surface area contributed by atoms with Crippen molar-refractivity contribution >= 4 is 5.78 Å². The zero-order valence-corrected chi connectivity index (χ0v) is 18.3. The lowest BCUT2D eigenvalue weighted by Gasteiger charge is -2.08. The molecule has 0 aromatic rings. The SMILES string of the molecule is CC/C=C/CCCCC/C=C/C=C/C=C/C=C/C=C/CCC(=O)C(N)CCCN. The minimum Gasteiger partial charge on any atom is -0.330 e. The van der Waals surface area contributed by atoms with Crippen LogP contribution in [0.1, 0.15) is 71.1 Å². The molecule has 0 amide bonds. The van der Waals surface area contributed by atoms with Crippen LogP contribution in [0.15, 0.2) is 72.9 Å². The number of nitrogens with two attached hydrogens (primary N) is 2. The van der Waals surface area contributed by atoms with Crippen LogP contribution in [0.2, 0.25) is 0 Å². The Morgan fingerprint density at radius 2 is 1.28 bits per heavy atom. The van der Waals surface area contributed by atoms with E-state index in [4.69, 9.17) is 11.5 Å². The van der Waals surface area contributed by atoms with Crippen LogP contribution in [0.25, 0.3) is 0 Å². The van der Waals surface area contributed by atoms with Gasteiger partial charge < -0.3 is 11.5 Å². The second kappa shape index (κ2) is 22.3. The van der Waals surface area contributed by atoms with Crippen molar-refractivity contribution in [3.8, 4) is 0 Å². The molecule has 3 heteroatoms. The van der Waals surface area contributed by atoms with Crippen LogP contribution in [0.4, 0.5) is 0 Å². The Balaban J connectivity index is 3.69. The number of ketones is 1. The summed E-state index contributed by atoms with van der Waals surface area (Å²) in [6.45, 7) is 2.76. The molecule has 0 aromatic carbocycles. The Kier molecular flexibility index (Phi) is 20.8. The number of Topliss-reactive ketones (excluding diaryl/α,β-unsaturated/α-hetero) is 1. The van der Waals surface area contributed by atoms with Gasteiger partial charge in [0.15, 0.2) is 0 Å². The molecule has 162 valence electrons. The van der Waals surface area contributed by atoms with Crippen LogP contribution < -0.4 is 11.5 Å². The summed E-state index contributed by atoms with van der Waals surface area (Å²) in [6.07, 6.45) is 34.9. The molecule has 3 nitrogen and oxygen atoms in total. The third-order valence-corrected chi connectivity index (χ3v) is 4.38. The zero-order chi connectivity index (χ0) is 21.4. The molecule has 0 rings (SSSR count). The van der Waals surface area contributed by atoms with Crippen LogP contribution in [-0.2, 0) is 4.79 Å². The van der Waals surface area contributed by atoms with Crippen LogP contribution in [0.3, 0.4) is 0 Å². The lowest BCUT2D eigenvalue weighted by molar-refractivity contribution is -0.120. The van der Waals surface area contributed by atoms with E-state index in [9.17, 15) is 4.79 Å². The molecule has 1 unspecified atom stereocenters. The number of carbonyl (C=O) groups excluding carboxylic acids is 1. The lowest BCUT2D eigenvalue weighted by atomic mass is 10.0. The first-order valence-corrected chi connectivity index (χ1v) is 11.2. The number of allylic oxidation sites excluding steroid dienone is 12. The number of hydrogen-bond donors (Lipinski definition) is 2. The van der Waals surface area contributed by atoms with Crippen molar-refractivity contribution in [1.29, 1.82) is 0 Å². The van der Waals surface area contributed by atoms with E-state index in [1.807, 2.05) is 42.5 Å². The maximum absolute atomic E-state index is 11.8. The molecule has 0 saturated carbocycles. The standard InChI is InChI=1S/C26H42N2O/c1-2-3-4-5-6-7-8-9-10-11-12-13-14-15-16-17-18-19-20-23-26(29)25(28)22-21-24-27/h3-4,10-19,25H,2,5-9,20-24,27-28H2,1H3/b4-3+,11-10+,13-12+,15-14+,17-16+,19-18+. The first kappa shape index (κ1) is 27.0. The molecule has 0 heterocycles. The van der Waals surface area contributed by atoms with Crippen molar-refractivity contribution in [2.45, 2.75) is 77.2 Å². The van der Waals surface area contributed by atoms with E-state index in [1.54, 1.807) is 0 Å². The Hall–Kier alpha value is -1.97. The van der Waals surface area contributed by atoms with E-state index < -0.39 is 0 Å². The maximum Gasteiger partial charge on any atom is 0.149 e. The van der Waals surface area contributed by atoms with Crippen LogP contribution in [-0.4, -0.2) is 18.4 Å². The Morgan fingerprint density at radius 1 is 0.724 bits per heavy atom. The highest BCUT2D eigenvalue weighted by Gasteiger charge is 2.10. The molecular formula is C26H42N2O. The van der Waals surface area contributed by atoms with Crippen molar-refractivity contribution in [2.75, 3.05) is 6.54 Å². The summed E-state index contributed by atoms with van der Waals surface area (Å²) in [5.74, 6) is 0.120. The van der Waals surface area contributed by atoms with Crippen molar-refractivity contribution < 1.29 is 4.79 Å². The fraction of sp³-hybridized carbons (Fsp3) is 0.500. The quantitative estimate of drug-likeness (QED) is 0.166. The van der Waals surface area contributed by atoms with Gasteiger partial charge in [0.2, 0.25) is 0 Å². The number of hydrogen-bond acceptors (Lipinski definition) is 3. The molecular weight excluding hydrogens is 356 g/mol. The third-order valence-electron chi connectivity index (χ3n) is 4.38. The van der Waals surface area contributed by atoms with Crippen molar-refractivity contribution in [2.24, 2.45) is 11.5 Å². The minimum absolute atomic E-state index is 0.120. The topological polar surface area (TPSA) is 69.1 Å². The molecule has 0 radical (unpaired) electrons. The van der Waals surface area contributed by atoms with Gasteiger partial charge in [0.25, 0.3) is 0 Å². The molecule has 0 bridgehead atoms. The number of carbonyl (C=O) groups is 1. The molecule has 0 aliphatic heterocycles. The van der Waals surface area contributed by atoms with E-state index in [2.05, 4.69) is 37.3 Å². The summed E-state index contributed by atoms with van der Waals surface area (Å²) in [6, 6.07) is -0.362. The summed E-state index contributed by atoms with van der Waals surface area (Å²) in [5.41, 5.74) is 11.2. The van der Waals surface area contributed by atoms with Crippen LogP contribution in [0, 0.1) is 0 Å². The van der Waals surface area contributed by atoms with Crippen molar-refractivity contribution in [3.63, 3.8) is 0 Å². The van der Waals surface area contributed by atoms with Gasteiger partial charge in [0, 0.05) is 6.42 Å². The molecule has 0 spiro atoms. The summed E-state index contributed by atoms with van der Waals surface area (Å²) in [4.78, 5) is 11.8. The smallest absolute Gasteiger partial charge is 0.149 e. The summed E-state index contributed by atoms with van der Waals surface area (Å²) < 4.78 is 0. The van der Waals surface area contributed by atoms with E-state index >= 15 is 0 Å². The second-order valence-corrected chi connectivity index (χ2v) is 7.07. The Labute approximate surface area is 179 Å². The Bertz CT molecular complexity index is 553. The normalized spacial score (nSPS) is 14.0. The van der Waals surface area contributed by atoms with Gasteiger partial charge in [-0.1, -0.05) is 86.3 Å². The minimum atomic E-state index is -0.362. The summed E-state index contributed by atoms with van der Waals surface area (Å²) >= 11 is 0. The van der Waals surface area contributed by atoms with Gasteiger partial charge in [0.05, 0.1) is 6.04 Å². The molecule has 0 fully saturated rings. The Morgan fingerprint density at radius 3 is 1.86 bits per heavy atom. The molecule has 0 aliphatic rings. The predicted octanol–water partition coefficient (Wildman–Crippen LogP) is 6.10. The zero-order valence-electron chi connectivity index (χ0n) is 18.3. The van der Waals surface area contributed by atoms with E-state index in [1.165, 1.54) is 25.7 Å². The highest BCUT2D eigenvalue weighted by Crippen LogP contribution is 2.05. The summed E-state index contributed by atoms with van der Waals surface area (Å²) in [7, 11) is 0. The highest BCUT2D eigenvalue weighted by atomic mass is 16.1. The fourth-order valence-electron chi connectivity index (χ4n) is 2.63. The monoisotopic (exact) mass is 398 g/mol. The molecule has 0 saturated heterocycles. The van der Waals surface area contributed by atoms with Crippen molar-refractivity contribution in [1.82, 2.24) is 0 Å². The molecule has 0 aliphatic carbocycles. The average Bonchev–Trinajstić information content (AvgIpc) is 2.73. The molecule has 0 aromatic heterocycles. The molecule has 29 heavy (non-hydrogen) atoms. The predicted molar refractivity (Wildman–Crippen MR) is 129 cm³/mol. The largest absolute Gasteiger partial charge is 0.330 e. The average molecular weight is 399 g/mol. The van der Waals surface area contributed by atoms with E-state index in [-0.39, 0.29) is 11.8 Å². The summed E-state index contributed by atoms with van der Waals surface area (Å²) in [5, 5.41) is 0. The van der Waals surface area contributed by atoms with Crippen LogP contribution in [0.5, 0.6) is 0 Å². The van der Waals surface area contributed by atoms with Gasteiger partial charge in [-0.25, -0.2) is 0 Å². The van der Waals surface area contributed by atoms with E-state index in [0.29, 0.717) is 19.4 Å². The van der Waals surface area contributed by atoms with Crippen LogP contribution >= 0.6 is 0 Å². The van der Waals surface area contributed by atoms with Gasteiger partial charge >= 0.3 is 0 Å². The molecule has 1 atom stereocenters. The van der Waals surface area contributed by atoms with E-state index in [0.717, 1.165) is 25.7 Å². The lowest BCUT2D eigenvalue weighted by Crippen LogP contribution is -2.30. The van der Waals surface area contributed by atoms with Gasteiger partial charge in [-0.05, 0) is 57.9 Å². The third kappa shape index (κ3) is 20.6. The fourth-order valence-corrected chi connectivity index (χ4v) is 2.63. The highest BCUT2D eigenvalue weighted by molar-refractivity contribution is 5.83. The first-order valence-electron chi connectivity index (χ1n) is 11.2. The van der Waals surface area contributed by atoms with Gasteiger partial charge in [0.1, 0.15) is 5.78 Å². The van der Waals surface area contributed by atoms with Gasteiger partial charge in [-0.2, -0.15) is 0 Å². The first-order chi connectivity index (χ1) is 14.2. The van der Waals surface area contributed by atoms with Gasteiger partial charge in [-0.3, -0.25) is 4.79 Å². The second-order valence-electron chi connectivity index (χ2n) is 7.07. The van der Waals surface area contributed by atoms with Gasteiger partial charge in [-0.15, -0.1) is 0 Å². The molecule has 4 N–H and O–H groups in total. The number of unbranched alkanes of at least 4 members (excludes halogenated alkanes) is 4. The number of rotatable bonds is 18. The maximum atomic E-state index is 11.8.